The SMILES string of the molecule is Cc1ccnc(NC(=O)CN2C(=O)CN(C)C(=O)c3ccccc32)c1. The Labute approximate surface area is 145 Å². The molecule has 3 rings (SSSR count). The number of para-hydroxylation sites is 1. The number of likely N-dealkylation sites (N-methyl/N-ethyl adjacent to an activating group) is 1. The fourth-order valence-corrected chi connectivity index (χ4v) is 2.69. The average Bonchev–Trinajstić information content (AvgIpc) is 2.66. The van der Waals surface area contributed by atoms with E-state index in [2.05, 4.69) is 10.3 Å². The quantitative estimate of drug-likeness (QED) is 0.918. The van der Waals surface area contributed by atoms with Crippen molar-refractivity contribution in [3.63, 3.8) is 0 Å². The minimum Gasteiger partial charge on any atom is -0.332 e. The van der Waals surface area contributed by atoms with Gasteiger partial charge in [-0.3, -0.25) is 14.4 Å². The van der Waals surface area contributed by atoms with Crippen LogP contribution in [0.1, 0.15) is 15.9 Å². The van der Waals surface area contributed by atoms with Crippen LogP contribution in [0.2, 0.25) is 0 Å². The zero-order chi connectivity index (χ0) is 18.0. The molecular weight excluding hydrogens is 320 g/mol. The zero-order valence-electron chi connectivity index (χ0n) is 14.0. The van der Waals surface area contributed by atoms with Gasteiger partial charge >= 0.3 is 0 Å². The molecule has 1 aliphatic heterocycles. The maximum Gasteiger partial charge on any atom is 0.256 e. The summed E-state index contributed by atoms with van der Waals surface area (Å²) in [5.41, 5.74) is 1.81. The molecule has 1 N–H and O–H groups in total. The van der Waals surface area contributed by atoms with Gasteiger partial charge in [-0.05, 0) is 36.8 Å². The Morgan fingerprint density at radius 3 is 2.76 bits per heavy atom. The second-order valence-corrected chi connectivity index (χ2v) is 5.92. The lowest BCUT2D eigenvalue weighted by atomic mass is 10.1. The summed E-state index contributed by atoms with van der Waals surface area (Å²) >= 11 is 0. The number of aromatic nitrogens is 1. The maximum absolute atomic E-state index is 12.5. The van der Waals surface area contributed by atoms with Crippen molar-refractivity contribution >= 4 is 29.2 Å². The van der Waals surface area contributed by atoms with E-state index in [0.29, 0.717) is 17.1 Å². The van der Waals surface area contributed by atoms with Gasteiger partial charge in [0, 0.05) is 13.2 Å². The molecule has 0 radical (unpaired) electrons. The van der Waals surface area contributed by atoms with Crippen LogP contribution in [-0.2, 0) is 9.59 Å². The van der Waals surface area contributed by atoms with Crippen LogP contribution in [-0.4, -0.2) is 47.7 Å². The van der Waals surface area contributed by atoms with Gasteiger partial charge in [-0.25, -0.2) is 4.98 Å². The second-order valence-electron chi connectivity index (χ2n) is 5.92. The van der Waals surface area contributed by atoms with Crippen LogP contribution >= 0.6 is 0 Å². The summed E-state index contributed by atoms with van der Waals surface area (Å²) in [6.07, 6.45) is 1.60. The molecule has 0 atom stereocenters. The highest BCUT2D eigenvalue weighted by Crippen LogP contribution is 2.25. The first-order chi connectivity index (χ1) is 12.0. The van der Waals surface area contributed by atoms with Crippen LogP contribution in [0, 0.1) is 6.92 Å². The van der Waals surface area contributed by atoms with E-state index in [1.54, 1.807) is 43.6 Å². The standard InChI is InChI=1S/C18H18N4O3/c1-12-7-8-19-15(9-12)20-16(23)10-22-14-6-4-3-5-13(14)18(25)21(2)11-17(22)24/h3-9H,10-11H2,1-2H3,(H,19,20,23). The number of rotatable bonds is 3. The summed E-state index contributed by atoms with van der Waals surface area (Å²) in [5.74, 6) is -0.507. The van der Waals surface area contributed by atoms with E-state index in [0.717, 1.165) is 5.56 Å². The van der Waals surface area contributed by atoms with Gasteiger partial charge in [0.2, 0.25) is 11.8 Å². The predicted molar refractivity (Wildman–Crippen MR) is 93.4 cm³/mol. The van der Waals surface area contributed by atoms with Crippen molar-refractivity contribution in [1.29, 1.82) is 0 Å². The van der Waals surface area contributed by atoms with Gasteiger partial charge in [0.15, 0.2) is 0 Å². The number of amides is 3. The van der Waals surface area contributed by atoms with Gasteiger partial charge in [-0.2, -0.15) is 0 Å². The third-order valence-electron chi connectivity index (χ3n) is 3.93. The van der Waals surface area contributed by atoms with Crippen molar-refractivity contribution < 1.29 is 14.4 Å². The summed E-state index contributed by atoms with van der Waals surface area (Å²) in [6, 6.07) is 10.4. The number of hydrogen-bond acceptors (Lipinski definition) is 4. The summed E-state index contributed by atoms with van der Waals surface area (Å²) in [6.45, 7) is 1.63. The van der Waals surface area contributed by atoms with E-state index >= 15 is 0 Å². The number of pyridine rings is 1. The molecular formula is C18H18N4O3. The molecule has 25 heavy (non-hydrogen) atoms. The van der Waals surface area contributed by atoms with E-state index in [-0.39, 0.29) is 30.8 Å². The van der Waals surface area contributed by atoms with E-state index in [4.69, 9.17) is 0 Å². The number of carbonyl (C=O) groups is 3. The summed E-state index contributed by atoms with van der Waals surface area (Å²) in [7, 11) is 1.57. The van der Waals surface area contributed by atoms with Crippen LogP contribution in [0.4, 0.5) is 11.5 Å². The highest BCUT2D eigenvalue weighted by atomic mass is 16.2. The Balaban J connectivity index is 1.85. The molecule has 2 aromatic rings. The van der Waals surface area contributed by atoms with Gasteiger partial charge in [0.25, 0.3) is 5.91 Å². The van der Waals surface area contributed by atoms with Crippen molar-refractivity contribution in [3.05, 3.63) is 53.7 Å². The van der Waals surface area contributed by atoms with Crippen LogP contribution < -0.4 is 10.2 Å². The highest BCUT2D eigenvalue weighted by Gasteiger charge is 2.30. The van der Waals surface area contributed by atoms with Crippen molar-refractivity contribution in [2.45, 2.75) is 6.92 Å². The lowest BCUT2D eigenvalue weighted by Gasteiger charge is -2.21. The first-order valence-corrected chi connectivity index (χ1v) is 7.83. The molecule has 0 saturated carbocycles. The molecule has 0 aliphatic carbocycles. The molecule has 7 heteroatoms. The van der Waals surface area contributed by atoms with Crippen LogP contribution in [0.25, 0.3) is 0 Å². The first-order valence-electron chi connectivity index (χ1n) is 7.83. The molecule has 1 aliphatic rings. The molecule has 0 bridgehead atoms. The minimum absolute atomic E-state index is 0.0799. The number of aryl methyl sites for hydroxylation is 1. The molecule has 2 heterocycles. The molecule has 1 aromatic heterocycles. The zero-order valence-corrected chi connectivity index (χ0v) is 14.0. The number of fused-ring (bicyclic) bond motifs is 1. The lowest BCUT2D eigenvalue weighted by Crippen LogP contribution is -2.41. The highest BCUT2D eigenvalue weighted by molar-refractivity contribution is 6.11. The van der Waals surface area contributed by atoms with E-state index in [1.807, 2.05) is 13.0 Å². The molecule has 128 valence electrons. The molecule has 3 amide bonds. The van der Waals surface area contributed by atoms with E-state index < -0.39 is 0 Å². The molecule has 0 spiro atoms. The van der Waals surface area contributed by atoms with Gasteiger partial charge in [0.05, 0.1) is 11.3 Å². The monoisotopic (exact) mass is 338 g/mol. The van der Waals surface area contributed by atoms with Gasteiger partial charge in [-0.15, -0.1) is 0 Å². The third-order valence-corrected chi connectivity index (χ3v) is 3.93. The van der Waals surface area contributed by atoms with Crippen LogP contribution in [0.3, 0.4) is 0 Å². The molecule has 0 fully saturated rings. The van der Waals surface area contributed by atoms with Gasteiger partial charge < -0.3 is 15.1 Å². The Morgan fingerprint density at radius 2 is 2.00 bits per heavy atom. The van der Waals surface area contributed by atoms with Crippen molar-refractivity contribution in [1.82, 2.24) is 9.88 Å². The molecule has 0 unspecified atom stereocenters. The summed E-state index contributed by atoms with van der Waals surface area (Å²) in [5, 5.41) is 2.68. The van der Waals surface area contributed by atoms with Crippen molar-refractivity contribution in [3.8, 4) is 0 Å². The second kappa shape index (κ2) is 6.72. The molecule has 0 saturated heterocycles. The number of carbonyl (C=O) groups excluding carboxylic acids is 3. The number of anilines is 2. The smallest absolute Gasteiger partial charge is 0.256 e. The largest absolute Gasteiger partial charge is 0.332 e. The van der Waals surface area contributed by atoms with Crippen molar-refractivity contribution in [2.24, 2.45) is 0 Å². The summed E-state index contributed by atoms with van der Waals surface area (Å²) in [4.78, 5) is 44.0. The average molecular weight is 338 g/mol. The van der Waals surface area contributed by atoms with Crippen LogP contribution in [0.15, 0.2) is 42.6 Å². The van der Waals surface area contributed by atoms with Crippen LogP contribution in [0.5, 0.6) is 0 Å². The lowest BCUT2D eigenvalue weighted by molar-refractivity contribution is -0.121. The number of nitrogens with one attached hydrogen (secondary N) is 1. The maximum atomic E-state index is 12.5. The van der Waals surface area contributed by atoms with E-state index in [1.165, 1.54) is 9.80 Å². The fraction of sp³-hybridized carbons (Fsp3) is 0.222. The predicted octanol–water partition coefficient (Wildman–Crippen LogP) is 1.45. The van der Waals surface area contributed by atoms with E-state index in [9.17, 15) is 14.4 Å². The molecule has 7 nitrogen and oxygen atoms in total. The third kappa shape index (κ3) is 3.50. The van der Waals surface area contributed by atoms with Gasteiger partial charge in [-0.1, -0.05) is 12.1 Å². The van der Waals surface area contributed by atoms with Gasteiger partial charge in [0.1, 0.15) is 18.9 Å². The summed E-state index contributed by atoms with van der Waals surface area (Å²) < 4.78 is 0. The Bertz CT molecular complexity index is 850. The minimum atomic E-state index is -0.377. The Hall–Kier alpha value is -3.22. The number of hydrogen-bond donors (Lipinski definition) is 1. The Morgan fingerprint density at radius 1 is 1.24 bits per heavy atom. The Kier molecular flexibility index (Phi) is 4.47. The number of benzene rings is 1. The van der Waals surface area contributed by atoms with Crippen molar-refractivity contribution in [2.75, 3.05) is 30.4 Å². The topological polar surface area (TPSA) is 82.6 Å². The normalized spacial score (nSPS) is 14.2. The molecule has 1 aromatic carbocycles. The first kappa shape index (κ1) is 16.6. The number of nitrogens with zero attached hydrogens (tertiary/aromatic N) is 3. The fourth-order valence-electron chi connectivity index (χ4n) is 2.69.